The van der Waals surface area contributed by atoms with Gasteiger partial charge in [-0.3, -0.25) is 4.98 Å². The van der Waals surface area contributed by atoms with Crippen molar-refractivity contribution in [1.29, 1.82) is 0 Å². The van der Waals surface area contributed by atoms with Crippen molar-refractivity contribution in [2.45, 2.75) is 13.8 Å². The minimum Gasteiger partial charge on any atom is -0.487 e. The first-order valence-corrected chi connectivity index (χ1v) is 6.85. The average Bonchev–Trinajstić information content (AvgIpc) is 2.46. The highest BCUT2D eigenvalue weighted by atomic mass is 19.1. The Bertz CT molecular complexity index is 585. The van der Waals surface area contributed by atoms with Gasteiger partial charge in [-0.25, -0.2) is 4.39 Å². The summed E-state index contributed by atoms with van der Waals surface area (Å²) in [5.74, 6) is -0.282. The Balaban J connectivity index is 2.21. The molecular weight excluding hydrogens is 257 g/mol. The Hall–Kier alpha value is -1.88. The van der Waals surface area contributed by atoms with Crippen LogP contribution in [0.15, 0.2) is 24.4 Å². The van der Waals surface area contributed by atoms with E-state index in [1.807, 2.05) is 6.07 Å². The molecule has 1 heterocycles. The van der Waals surface area contributed by atoms with Crippen LogP contribution in [-0.4, -0.2) is 36.1 Å². The van der Waals surface area contributed by atoms with Crippen LogP contribution in [0, 0.1) is 5.82 Å². The monoisotopic (exact) mass is 277 g/mol. The maximum atomic E-state index is 14.0. The number of pyridine rings is 1. The molecule has 0 aliphatic carbocycles. The van der Waals surface area contributed by atoms with Crippen molar-refractivity contribution in [3.8, 4) is 5.75 Å². The van der Waals surface area contributed by atoms with E-state index in [9.17, 15) is 4.39 Å². The van der Waals surface area contributed by atoms with Gasteiger partial charge in [0.2, 0.25) is 0 Å². The number of halogens is 1. The molecule has 0 saturated heterocycles. The molecule has 0 unspecified atom stereocenters. The highest BCUT2D eigenvalue weighted by molar-refractivity contribution is 5.94. The molecule has 0 radical (unpaired) electrons. The molecule has 0 aliphatic heterocycles. The van der Waals surface area contributed by atoms with Crippen LogP contribution in [0.4, 0.5) is 10.1 Å². The second-order valence-electron chi connectivity index (χ2n) is 4.55. The number of benzene rings is 1. The van der Waals surface area contributed by atoms with Crippen LogP contribution in [0.25, 0.3) is 10.9 Å². The number of nitrogens with two attached hydrogens (primary N) is 1. The highest BCUT2D eigenvalue weighted by Gasteiger charge is 2.13. The number of anilines is 1. The predicted molar refractivity (Wildman–Crippen MR) is 79.4 cm³/mol. The van der Waals surface area contributed by atoms with Crippen LogP contribution in [0.1, 0.15) is 13.8 Å². The summed E-state index contributed by atoms with van der Waals surface area (Å²) in [5.41, 5.74) is 6.66. The van der Waals surface area contributed by atoms with Crippen molar-refractivity contribution in [2.75, 3.05) is 32.0 Å². The number of ether oxygens (including phenoxy) is 1. The van der Waals surface area contributed by atoms with Crippen LogP contribution < -0.4 is 10.5 Å². The van der Waals surface area contributed by atoms with E-state index in [1.165, 1.54) is 6.07 Å². The van der Waals surface area contributed by atoms with Gasteiger partial charge in [0.05, 0.1) is 0 Å². The maximum Gasteiger partial charge on any atom is 0.181 e. The van der Waals surface area contributed by atoms with Gasteiger partial charge in [-0.1, -0.05) is 13.8 Å². The molecule has 2 rings (SSSR count). The molecule has 0 fully saturated rings. The second kappa shape index (κ2) is 6.52. The van der Waals surface area contributed by atoms with Gasteiger partial charge < -0.3 is 15.4 Å². The number of nitrogens with zero attached hydrogens (tertiary/aromatic N) is 2. The molecular formula is C15H20FN3O. The lowest BCUT2D eigenvalue weighted by Crippen LogP contribution is -2.28. The number of aromatic nitrogens is 1. The first-order chi connectivity index (χ1) is 9.67. The molecule has 20 heavy (non-hydrogen) atoms. The van der Waals surface area contributed by atoms with Crippen LogP contribution in [-0.2, 0) is 0 Å². The van der Waals surface area contributed by atoms with E-state index >= 15 is 0 Å². The van der Waals surface area contributed by atoms with Crippen LogP contribution in [0.5, 0.6) is 5.75 Å². The fourth-order valence-corrected chi connectivity index (χ4v) is 2.17. The molecule has 4 nitrogen and oxygen atoms in total. The SMILES string of the molecule is CCN(CC)CCOc1c(F)cc(N)c2cccnc12. The third-order valence-corrected chi connectivity index (χ3v) is 3.38. The van der Waals surface area contributed by atoms with Gasteiger partial charge in [0.1, 0.15) is 12.1 Å². The summed E-state index contributed by atoms with van der Waals surface area (Å²) >= 11 is 0. The lowest BCUT2D eigenvalue weighted by molar-refractivity contribution is 0.219. The molecule has 1 aromatic carbocycles. The van der Waals surface area contributed by atoms with Gasteiger partial charge in [-0.05, 0) is 25.2 Å². The molecule has 2 aromatic rings. The summed E-state index contributed by atoms with van der Waals surface area (Å²) in [6.45, 7) is 7.25. The number of rotatable bonds is 6. The van der Waals surface area contributed by atoms with Crippen molar-refractivity contribution in [2.24, 2.45) is 0 Å². The van der Waals surface area contributed by atoms with Crippen LogP contribution in [0.2, 0.25) is 0 Å². The van der Waals surface area contributed by atoms with E-state index in [1.54, 1.807) is 12.3 Å². The lowest BCUT2D eigenvalue weighted by Gasteiger charge is -2.18. The summed E-state index contributed by atoms with van der Waals surface area (Å²) in [7, 11) is 0. The maximum absolute atomic E-state index is 14.0. The third kappa shape index (κ3) is 2.99. The summed E-state index contributed by atoms with van der Waals surface area (Å²) in [6.07, 6.45) is 1.61. The van der Waals surface area contributed by atoms with Crippen molar-refractivity contribution >= 4 is 16.6 Å². The van der Waals surface area contributed by atoms with Crippen molar-refractivity contribution in [3.05, 3.63) is 30.2 Å². The standard InChI is InChI=1S/C15H20FN3O/c1-3-19(4-2)8-9-20-15-12(16)10-13(17)11-6-5-7-18-14(11)15/h5-7,10H,3-4,8-9,17H2,1-2H3. The summed E-state index contributed by atoms with van der Waals surface area (Å²) in [4.78, 5) is 6.40. The van der Waals surface area contributed by atoms with Crippen molar-refractivity contribution in [1.82, 2.24) is 9.88 Å². The molecule has 5 heteroatoms. The number of likely N-dealkylation sites (N-methyl/N-ethyl adjacent to an activating group) is 1. The molecule has 0 bridgehead atoms. The zero-order valence-corrected chi connectivity index (χ0v) is 11.9. The molecule has 0 saturated carbocycles. The van der Waals surface area contributed by atoms with Gasteiger partial charge in [0.25, 0.3) is 0 Å². The Morgan fingerprint density at radius 3 is 2.80 bits per heavy atom. The average molecular weight is 277 g/mol. The normalized spacial score (nSPS) is 11.2. The zero-order valence-electron chi connectivity index (χ0n) is 11.9. The Kier molecular flexibility index (Phi) is 4.74. The molecule has 0 aliphatic rings. The Morgan fingerprint density at radius 1 is 1.35 bits per heavy atom. The van der Waals surface area contributed by atoms with E-state index in [-0.39, 0.29) is 5.75 Å². The Morgan fingerprint density at radius 2 is 2.10 bits per heavy atom. The quantitative estimate of drug-likeness (QED) is 0.825. The highest BCUT2D eigenvalue weighted by Crippen LogP contribution is 2.31. The van der Waals surface area contributed by atoms with Gasteiger partial charge in [-0.15, -0.1) is 0 Å². The smallest absolute Gasteiger partial charge is 0.181 e. The molecule has 2 N–H and O–H groups in total. The Labute approximate surface area is 118 Å². The van der Waals surface area contributed by atoms with E-state index in [2.05, 4.69) is 23.7 Å². The predicted octanol–water partition coefficient (Wildman–Crippen LogP) is 2.68. The largest absolute Gasteiger partial charge is 0.487 e. The second-order valence-corrected chi connectivity index (χ2v) is 4.55. The number of hydrogen-bond donors (Lipinski definition) is 1. The van der Waals surface area contributed by atoms with E-state index in [4.69, 9.17) is 10.5 Å². The molecule has 1 aromatic heterocycles. The van der Waals surface area contributed by atoms with E-state index in [0.717, 1.165) is 19.6 Å². The number of hydrogen-bond acceptors (Lipinski definition) is 4. The summed E-state index contributed by atoms with van der Waals surface area (Å²) in [5, 5.41) is 0.715. The summed E-state index contributed by atoms with van der Waals surface area (Å²) in [6, 6.07) is 4.88. The van der Waals surface area contributed by atoms with E-state index < -0.39 is 5.82 Å². The first-order valence-electron chi connectivity index (χ1n) is 6.85. The van der Waals surface area contributed by atoms with Gasteiger partial charge in [0, 0.05) is 29.9 Å². The topological polar surface area (TPSA) is 51.4 Å². The van der Waals surface area contributed by atoms with Crippen LogP contribution >= 0.6 is 0 Å². The summed E-state index contributed by atoms with van der Waals surface area (Å²) < 4.78 is 19.6. The fraction of sp³-hybridized carbons (Fsp3) is 0.400. The van der Waals surface area contributed by atoms with Crippen molar-refractivity contribution < 1.29 is 9.13 Å². The first kappa shape index (κ1) is 14.5. The minimum absolute atomic E-state index is 0.182. The van der Waals surface area contributed by atoms with Gasteiger partial charge in [0.15, 0.2) is 11.6 Å². The number of fused-ring (bicyclic) bond motifs is 1. The minimum atomic E-state index is -0.465. The molecule has 0 amide bonds. The molecule has 0 atom stereocenters. The van der Waals surface area contributed by atoms with Gasteiger partial charge in [-0.2, -0.15) is 0 Å². The van der Waals surface area contributed by atoms with Crippen molar-refractivity contribution in [3.63, 3.8) is 0 Å². The fourth-order valence-electron chi connectivity index (χ4n) is 2.17. The zero-order chi connectivity index (χ0) is 14.5. The third-order valence-electron chi connectivity index (χ3n) is 3.38. The van der Waals surface area contributed by atoms with Crippen LogP contribution in [0.3, 0.4) is 0 Å². The molecule has 0 spiro atoms. The molecule has 108 valence electrons. The van der Waals surface area contributed by atoms with Gasteiger partial charge >= 0.3 is 0 Å². The van der Waals surface area contributed by atoms with E-state index in [0.29, 0.717) is 23.2 Å². The lowest BCUT2D eigenvalue weighted by atomic mass is 10.1. The number of nitrogen functional groups attached to an aromatic ring is 1.